The standard InChI is InChI=1S/C21H25N3O2/c1-2-3-4-5-6-9-14-22-21(24-26)18-13-12-17-19(23-18)15-10-7-8-11-16(15)20(17)25/h7-8,10-13,26H,2-6,9,14H2,1H3,(H,22,24). The zero-order valence-electron chi connectivity index (χ0n) is 15.2. The molecule has 3 rings (SSSR count). The number of rotatable bonds is 8. The van der Waals surface area contributed by atoms with Crippen LogP contribution in [0.5, 0.6) is 0 Å². The molecule has 0 amide bonds. The van der Waals surface area contributed by atoms with Crippen LogP contribution in [0.15, 0.2) is 41.6 Å². The number of fused-ring (bicyclic) bond motifs is 3. The number of carbonyl (C=O) groups is 1. The summed E-state index contributed by atoms with van der Waals surface area (Å²) in [7, 11) is 0. The van der Waals surface area contributed by atoms with Gasteiger partial charge in [-0.2, -0.15) is 0 Å². The fourth-order valence-corrected chi connectivity index (χ4v) is 3.30. The molecule has 0 spiro atoms. The van der Waals surface area contributed by atoms with Gasteiger partial charge in [-0.05, 0) is 18.6 Å². The SMILES string of the molecule is CCCCCCCCNC(=NO)c1ccc2c(n1)-c1ccccc1C2=O. The van der Waals surface area contributed by atoms with Crippen molar-refractivity contribution in [2.24, 2.45) is 5.16 Å². The molecule has 26 heavy (non-hydrogen) atoms. The summed E-state index contributed by atoms with van der Waals surface area (Å²) >= 11 is 0. The average molecular weight is 351 g/mol. The van der Waals surface area contributed by atoms with Crippen molar-refractivity contribution in [2.45, 2.75) is 45.4 Å². The topological polar surface area (TPSA) is 74.6 Å². The minimum Gasteiger partial charge on any atom is -0.409 e. The van der Waals surface area contributed by atoms with Crippen LogP contribution in [0.4, 0.5) is 0 Å². The van der Waals surface area contributed by atoms with Crippen LogP contribution >= 0.6 is 0 Å². The number of hydrogen-bond donors (Lipinski definition) is 2. The molecule has 0 aliphatic heterocycles. The van der Waals surface area contributed by atoms with E-state index in [-0.39, 0.29) is 5.78 Å². The van der Waals surface area contributed by atoms with Gasteiger partial charge in [0.05, 0.1) is 5.69 Å². The molecule has 1 aliphatic rings. The van der Waals surface area contributed by atoms with Gasteiger partial charge in [0.25, 0.3) is 0 Å². The van der Waals surface area contributed by atoms with Gasteiger partial charge in [-0.15, -0.1) is 0 Å². The maximum Gasteiger partial charge on any atom is 0.195 e. The summed E-state index contributed by atoms with van der Waals surface area (Å²) in [5.74, 6) is 0.343. The molecule has 0 saturated heterocycles. The van der Waals surface area contributed by atoms with Gasteiger partial charge in [-0.25, -0.2) is 4.98 Å². The van der Waals surface area contributed by atoms with E-state index in [1.165, 1.54) is 25.7 Å². The van der Waals surface area contributed by atoms with Crippen molar-refractivity contribution in [3.8, 4) is 11.3 Å². The second-order valence-corrected chi connectivity index (χ2v) is 6.61. The molecule has 136 valence electrons. The molecule has 1 aliphatic carbocycles. The number of ketones is 1. The van der Waals surface area contributed by atoms with Crippen molar-refractivity contribution >= 4 is 11.6 Å². The number of carbonyl (C=O) groups excluding carboxylic acids is 1. The highest BCUT2D eigenvalue weighted by atomic mass is 16.4. The Kier molecular flexibility index (Phi) is 6.00. The van der Waals surface area contributed by atoms with Gasteiger partial charge >= 0.3 is 0 Å². The Bertz CT molecular complexity index is 815. The van der Waals surface area contributed by atoms with Crippen LogP contribution < -0.4 is 5.32 Å². The van der Waals surface area contributed by atoms with E-state index >= 15 is 0 Å². The molecule has 0 bridgehead atoms. The fourth-order valence-electron chi connectivity index (χ4n) is 3.30. The molecule has 0 fully saturated rings. The Labute approximate surface area is 154 Å². The van der Waals surface area contributed by atoms with Crippen molar-refractivity contribution in [3.05, 3.63) is 53.2 Å². The molecule has 5 nitrogen and oxygen atoms in total. The largest absolute Gasteiger partial charge is 0.409 e. The summed E-state index contributed by atoms with van der Waals surface area (Å²) in [5, 5.41) is 15.9. The van der Waals surface area contributed by atoms with E-state index in [1.807, 2.05) is 24.3 Å². The Morgan fingerprint density at radius 3 is 2.50 bits per heavy atom. The van der Waals surface area contributed by atoms with Crippen LogP contribution in [-0.2, 0) is 0 Å². The van der Waals surface area contributed by atoms with Crippen LogP contribution in [0.2, 0.25) is 0 Å². The van der Waals surface area contributed by atoms with Crippen LogP contribution in [0.25, 0.3) is 11.3 Å². The summed E-state index contributed by atoms with van der Waals surface area (Å²) in [5.41, 5.74) is 3.31. The van der Waals surface area contributed by atoms with Crippen LogP contribution in [0, 0.1) is 0 Å². The lowest BCUT2D eigenvalue weighted by molar-refractivity contribution is 0.104. The number of hydrogen-bond acceptors (Lipinski definition) is 4. The molecule has 2 N–H and O–H groups in total. The van der Waals surface area contributed by atoms with E-state index in [4.69, 9.17) is 0 Å². The molecule has 0 radical (unpaired) electrons. The van der Waals surface area contributed by atoms with Crippen molar-refractivity contribution in [2.75, 3.05) is 6.54 Å². The van der Waals surface area contributed by atoms with Crippen molar-refractivity contribution < 1.29 is 10.0 Å². The minimum absolute atomic E-state index is 0.00262. The van der Waals surface area contributed by atoms with Gasteiger partial charge in [0.15, 0.2) is 11.6 Å². The van der Waals surface area contributed by atoms with E-state index in [9.17, 15) is 10.0 Å². The first-order valence-corrected chi connectivity index (χ1v) is 9.37. The predicted octanol–water partition coefficient (Wildman–Crippen LogP) is 4.38. The molecule has 2 aromatic rings. The quantitative estimate of drug-likeness (QED) is 0.208. The Hall–Kier alpha value is -2.69. The second-order valence-electron chi connectivity index (χ2n) is 6.61. The Morgan fingerprint density at radius 2 is 1.73 bits per heavy atom. The first-order valence-electron chi connectivity index (χ1n) is 9.37. The monoisotopic (exact) mass is 351 g/mol. The minimum atomic E-state index is -0.00262. The molecule has 0 saturated carbocycles. The normalized spacial score (nSPS) is 12.8. The summed E-state index contributed by atoms with van der Waals surface area (Å²) < 4.78 is 0. The second kappa shape index (κ2) is 8.61. The number of pyridine rings is 1. The highest BCUT2D eigenvalue weighted by Gasteiger charge is 2.28. The zero-order chi connectivity index (χ0) is 18.4. The Balaban J connectivity index is 1.66. The average Bonchev–Trinajstić information content (AvgIpc) is 2.96. The van der Waals surface area contributed by atoms with Gasteiger partial charge in [-0.3, -0.25) is 4.79 Å². The first kappa shape index (κ1) is 18.1. The third kappa shape index (κ3) is 3.77. The lowest BCUT2D eigenvalue weighted by Crippen LogP contribution is -2.26. The smallest absolute Gasteiger partial charge is 0.195 e. The first-order chi connectivity index (χ1) is 12.8. The number of aromatic nitrogens is 1. The molecular weight excluding hydrogens is 326 g/mol. The molecular formula is C21H25N3O2. The number of benzene rings is 1. The summed E-state index contributed by atoms with van der Waals surface area (Å²) in [6, 6.07) is 11.0. The van der Waals surface area contributed by atoms with Gasteiger partial charge in [-0.1, -0.05) is 68.4 Å². The number of nitrogens with one attached hydrogen (secondary N) is 1. The van der Waals surface area contributed by atoms with Crippen molar-refractivity contribution in [1.29, 1.82) is 0 Å². The molecule has 1 aromatic carbocycles. The van der Waals surface area contributed by atoms with Crippen LogP contribution in [0.3, 0.4) is 0 Å². The maximum absolute atomic E-state index is 12.4. The molecule has 0 unspecified atom stereocenters. The highest BCUT2D eigenvalue weighted by molar-refractivity contribution is 6.21. The lowest BCUT2D eigenvalue weighted by atomic mass is 10.1. The molecule has 5 heteroatoms. The highest BCUT2D eigenvalue weighted by Crippen LogP contribution is 2.34. The van der Waals surface area contributed by atoms with Crippen LogP contribution in [0.1, 0.15) is 67.1 Å². The van der Waals surface area contributed by atoms with Crippen molar-refractivity contribution in [1.82, 2.24) is 10.3 Å². The molecule has 1 heterocycles. The Morgan fingerprint density at radius 1 is 1.00 bits per heavy atom. The van der Waals surface area contributed by atoms with E-state index in [2.05, 4.69) is 22.4 Å². The fraction of sp³-hybridized carbons (Fsp3) is 0.381. The summed E-state index contributed by atoms with van der Waals surface area (Å²) in [4.78, 5) is 17.0. The van der Waals surface area contributed by atoms with Gasteiger partial charge in [0.1, 0.15) is 5.69 Å². The van der Waals surface area contributed by atoms with E-state index in [0.29, 0.717) is 28.4 Å². The maximum atomic E-state index is 12.4. The number of unbranched alkanes of at least 4 members (excludes halogenated alkanes) is 5. The predicted molar refractivity (Wildman–Crippen MR) is 103 cm³/mol. The summed E-state index contributed by atoms with van der Waals surface area (Å²) in [6.07, 6.45) is 7.22. The van der Waals surface area contributed by atoms with Crippen LogP contribution in [-0.4, -0.2) is 28.4 Å². The lowest BCUT2D eigenvalue weighted by Gasteiger charge is -2.09. The number of oxime groups is 1. The molecule has 1 aromatic heterocycles. The van der Waals surface area contributed by atoms with E-state index in [1.54, 1.807) is 12.1 Å². The number of amidine groups is 1. The van der Waals surface area contributed by atoms with Crippen molar-refractivity contribution in [3.63, 3.8) is 0 Å². The van der Waals surface area contributed by atoms with Gasteiger partial charge in [0.2, 0.25) is 0 Å². The molecule has 0 atom stereocenters. The zero-order valence-corrected chi connectivity index (χ0v) is 15.2. The third-order valence-electron chi connectivity index (χ3n) is 4.73. The van der Waals surface area contributed by atoms with E-state index in [0.717, 1.165) is 24.9 Å². The van der Waals surface area contributed by atoms with E-state index < -0.39 is 0 Å². The van der Waals surface area contributed by atoms with Gasteiger partial charge in [0, 0.05) is 23.2 Å². The van der Waals surface area contributed by atoms with Gasteiger partial charge < -0.3 is 10.5 Å². The number of nitrogens with zero attached hydrogens (tertiary/aromatic N) is 2. The summed E-state index contributed by atoms with van der Waals surface area (Å²) in [6.45, 7) is 2.95. The third-order valence-corrected chi connectivity index (χ3v) is 4.73.